The summed E-state index contributed by atoms with van der Waals surface area (Å²) < 4.78 is 33.8. The second-order valence-electron chi connectivity index (χ2n) is 5.09. The Balaban J connectivity index is 1.75. The van der Waals surface area contributed by atoms with Gasteiger partial charge in [-0.1, -0.05) is 0 Å². The Morgan fingerprint density at radius 1 is 1.16 bits per heavy atom. The first-order chi connectivity index (χ1) is 9.25. The Bertz CT molecular complexity index is 317. The van der Waals surface area contributed by atoms with Crippen molar-refractivity contribution in [1.29, 1.82) is 0 Å². The van der Waals surface area contributed by atoms with Crippen molar-refractivity contribution < 1.29 is 33.5 Å². The van der Waals surface area contributed by atoms with Crippen LogP contribution in [0.4, 0.5) is 0 Å². The fourth-order valence-corrected chi connectivity index (χ4v) is 2.96. The van der Waals surface area contributed by atoms with Crippen LogP contribution in [0.25, 0.3) is 0 Å². The minimum atomic E-state index is -1.07. The molecule has 0 aromatic carbocycles. The van der Waals surface area contributed by atoms with Gasteiger partial charge >= 0.3 is 0 Å². The number of ether oxygens (including phenoxy) is 6. The summed E-state index contributed by atoms with van der Waals surface area (Å²) in [6.07, 6.45) is -1.42. The van der Waals surface area contributed by atoms with Crippen molar-refractivity contribution in [1.82, 2.24) is 0 Å². The van der Waals surface area contributed by atoms with Gasteiger partial charge < -0.3 is 33.5 Å². The molecule has 7 heteroatoms. The number of aliphatic hydroxyl groups excluding tert-OH is 1. The van der Waals surface area contributed by atoms with Crippen LogP contribution in [-0.4, -0.2) is 76.1 Å². The van der Waals surface area contributed by atoms with Gasteiger partial charge in [0.1, 0.15) is 18.3 Å². The Labute approximate surface area is 111 Å². The molecule has 110 valence electrons. The molecule has 0 amide bonds. The van der Waals surface area contributed by atoms with Crippen LogP contribution in [0.2, 0.25) is 0 Å². The van der Waals surface area contributed by atoms with Gasteiger partial charge in [0.2, 0.25) is 6.29 Å². The molecular formula is C12H20O7. The molecule has 0 spiro atoms. The van der Waals surface area contributed by atoms with E-state index < -0.39 is 18.2 Å². The van der Waals surface area contributed by atoms with Crippen molar-refractivity contribution in [3.05, 3.63) is 0 Å². The third kappa shape index (κ3) is 2.01. The molecule has 3 rings (SSSR count). The number of rotatable bonds is 4. The Morgan fingerprint density at radius 2 is 1.89 bits per heavy atom. The fraction of sp³-hybridized carbons (Fsp3) is 1.00. The van der Waals surface area contributed by atoms with E-state index in [-0.39, 0.29) is 24.7 Å². The zero-order chi connectivity index (χ0) is 13.5. The number of hydrogen-bond donors (Lipinski definition) is 1. The van der Waals surface area contributed by atoms with Gasteiger partial charge in [-0.25, -0.2) is 0 Å². The quantitative estimate of drug-likeness (QED) is 0.715. The molecule has 2 bridgehead atoms. The van der Waals surface area contributed by atoms with Crippen molar-refractivity contribution in [2.24, 2.45) is 5.92 Å². The van der Waals surface area contributed by atoms with Crippen molar-refractivity contribution in [3.63, 3.8) is 0 Å². The van der Waals surface area contributed by atoms with Crippen molar-refractivity contribution in [2.45, 2.75) is 30.4 Å². The minimum absolute atomic E-state index is 0.00882. The minimum Gasteiger partial charge on any atom is -0.396 e. The van der Waals surface area contributed by atoms with E-state index in [1.54, 1.807) is 14.2 Å². The van der Waals surface area contributed by atoms with Crippen LogP contribution in [0, 0.1) is 5.92 Å². The summed E-state index contributed by atoms with van der Waals surface area (Å²) in [4.78, 5) is 0. The van der Waals surface area contributed by atoms with Crippen LogP contribution in [0.15, 0.2) is 0 Å². The first-order valence-electron chi connectivity index (χ1n) is 6.46. The van der Waals surface area contributed by atoms with E-state index in [2.05, 4.69) is 0 Å². The Kier molecular flexibility index (Phi) is 3.78. The number of fused-ring (bicyclic) bond motifs is 2. The zero-order valence-electron chi connectivity index (χ0n) is 11.1. The van der Waals surface area contributed by atoms with Gasteiger partial charge in [0.25, 0.3) is 5.79 Å². The highest BCUT2D eigenvalue weighted by Gasteiger charge is 2.67. The molecule has 0 aliphatic carbocycles. The smallest absolute Gasteiger partial charge is 0.251 e. The zero-order valence-corrected chi connectivity index (χ0v) is 11.1. The summed E-state index contributed by atoms with van der Waals surface area (Å²) >= 11 is 0. The topological polar surface area (TPSA) is 75.6 Å². The molecular weight excluding hydrogens is 256 g/mol. The van der Waals surface area contributed by atoms with Gasteiger partial charge in [-0.3, -0.25) is 0 Å². The lowest BCUT2D eigenvalue weighted by atomic mass is 10.0. The second-order valence-corrected chi connectivity index (χ2v) is 5.09. The number of aliphatic hydroxyl groups is 1. The lowest BCUT2D eigenvalue weighted by molar-refractivity contribution is -0.357. The molecule has 3 aliphatic heterocycles. The molecule has 4 unspecified atom stereocenters. The number of hydrogen-bond acceptors (Lipinski definition) is 7. The average Bonchev–Trinajstić information content (AvgIpc) is 3.03. The molecule has 0 aromatic heterocycles. The predicted octanol–water partition coefficient (Wildman–Crippen LogP) is -0.877. The third-order valence-corrected chi connectivity index (χ3v) is 3.95. The lowest BCUT2D eigenvalue weighted by Gasteiger charge is -2.41. The monoisotopic (exact) mass is 276 g/mol. The van der Waals surface area contributed by atoms with E-state index in [1.165, 1.54) is 0 Å². The van der Waals surface area contributed by atoms with E-state index in [1.807, 2.05) is 0 Å². The van der Waals surface area contributed by atoms with Gasteiger partial charge in [-0.05, 0) is 0 Å². The summed E-state index contributed by atoms with van der Waals surface area (Å²) in [7, 11) is 3.21. The maximum atomic E-state index is 9.08. The van der Waals surface area contributed by atoms with Gasteiger partial charge in [0.15, 0.2) is 0 Å². The van der Waals surface area contributed by atoms with Crippen LogP contribution >= 0.6 is 0 Å². The highest BCUT2D eigenvalue weighted by atomic mass is 16.8. The van der Waals surface area contributed by atoms with E-state index in [4.69, 9.17) is 33.5 Å². The highest BCUT2D eigenvalue weighted by molar-refractivity contribution is 5.05. The molecule has 4 atom stereocenters. The molecule has 0 radical (unpaired) electrons. The molecule has 0 saturated carbocycles. The third-order valence-electron chi connectivity index (χ3n) is 3.95. The van der Waals surface area contributed by atoms with E-state index in [0.29, 0.717) is 19.8 Å². The van der Waals surface area contributed by atoms with Crippen LogP contribution < -0.4 is 0 Å². The SMILES string of the molecule is COC1C2COC(C3OCC(CO)CO3)(O2)C1OC. The standard InChI is InChI=1S/C12H20O7/c1-14-9-8-6-18-12(19-8,10(9)15-2)11-16-4-7(3-13)5-17-11/h7-11,13H,3-6H2,1-2H3. The summed E-state index contributed by atoms with van der Waals surface area (Å²) in [5.74, 6) is -1.08. The molecule has 3 fully saturated rings. The van der Waals surface area contributed by atoms with Crippen molar-refractivity contribution in [3.8, 4) is 0 Å². The van der Waals surface area contributed by atoms with Gasteiger partial charge in [0.05, 0.1) is 26.4 Å². The molecule has 3 aliphatic rings. The maximum Gasteiger partial charge on any atom is 0.251 e. The van der Waals surface area contributed by atoms with Crippen LogP contribution in [0.1, 0.15) is 0 Å². The first-order valence-corrected chi connectivity index (χ1v) is 6.46. The molecule has 3 saturated heterocycles. The highest BCUT2D eigenvalue weighted by Crippen LogP contribution is 2.45. The van der Waals surface area contributed by atoms with E-state index in [9.17, 15) is 0 Å². The second kappa shape index (κ2) is 5.25. The van der Waals surface area contributed by atoms with Gasteiger partial charge in [-0.2, -0.15) is 0 Å². The van der Waals surface area contributed by atoms with Crippen LogP contribution in [0.3, 0.4) is 0 Å². The lowest BCUT2D eigenvalue weighted by Crippen LogP contribution is -2.60. The maximum absolute atomic E-state index is 9.08. The molecule has 0 aromatic rings. The summed E-state index contributed by atoms with van der Waals surface area (Å²) in [5.41, 5.74) is 0. The van der Waals surface area contributed by atoms with Gasteiger partial charge in [-0.15, -0.1) is 0 Å². The van der Waals surface area contributed by atoms with E-state index in [0.717, 1.165) is 0 Å². The molecule has 3 heterocycles. The molecule has 19 heavy (non-hydrogen) atoms. The van der Waals surface area contributed by atoms with Crippen LogP contribution in [0.5, 0.6) is 0 Å². The Morgan fingerprint density at radius 3 is 2.47 bits per heavy atom. The van der Waals surface area contributed by atoms with Crippen molar-refractivity contribution >= 4 is 0 Å². The van der Waals surface area contributed by atoms with Crippen molar-refractivity contribution in [2.75, 3.05) is 40.6 Å². The molecule has 7 nitrogen and oxygen atoms in total. The van der Waals surface area contributed by atoms with E-state index >= 15 is 0 Å². The normalized spacial score (nSPS) is 49.7. The predicted molar refractivity (Wildman–Crippen MR) is 61.4 cm³/mol. The Hall–Kier alpha value is -0.280. The average molecular weight is 276 g/mol. The first kappa shape index (κ1) is 13.7. The molecule has 1 N–H and O–H groups in total. The summed E-state index contributed by atoms with van der Waals surface area (Å²) in [6, 6.07) is 0. The number of methoxy groups -OCH3 is 2. The van der Waals surface area contributed by atoms with Crippen LogP contribution in [-0.2, 0) is 28.4 Å². The summed E-state index contributed by atoms with van der Waals surface area (Å²) in [6.45, 7) is 1.30. The summed E-state index contributed by atoms with van der Waals surface area (Å²) in [5, 5.41) is 9.08. The fourth-order valence-electron chi connectivity index (χ4n) is 2.96. The van der Waals surface area contributed by atoms with Gasteiger partial charge in [0, 0.05) is 20.1 Å². The largest absolute Gasteiger partial charge is 0.396 e.